The molecule has 1 N–H and O–H groups in total. The van der Waals surface area contributed by atoms with Crippen LogP contribution in [-0.4, -0.2) is 72.5 Å². The maximum absolute atomic E-state index is 12.9. The van der Waals surface area contributed by atoms with Gasteiger partial charge in [0.05, 0.1) is 6.54 Å². The van der Waals surface area contributed by atoms with Crippen LogP contribution in [0.4, 0.5) is 4.79 Å². The van der Waals surface area contributed by atoms with Crippen molar-refractivity contribution in [2.75, 3.05) is 33.4 Å². The topological polar surface area (TPSA) is 105 Å². The number of benzene rings is 1. The van der Waals surface area contributed by atoms with E-state index in [1.165, 1.54) is 4.90 Å². The molecule has 2 atom stereocenters. The van der Waals surface area contributed by atoms with Crippen LogP contribution in [0.15, 0.2) is 24.3 Å². The zero-order valence-electron chi connectivity index (χ0n) is 18.3. The third-order valence-electron chi connectivity index (χ3n) is 6.08. The number of halogens is 1. The molecule has 0 bridgehead atoms. The van der Waals surface area contributed by atoms with Crippen molar-refractivity contribution in [2.45, 2.75) is 38.1 Å². The van der Waals surface area contributed by atoms with Gasteiger partial charge in [-0.05, 0) is 43.0 Å². The summed E-state index contributed by atoms with van der Waals surface area (Å²) in [7, 11) is 1.56. The lowest BCUT2D eigenvalue weighted by Crippen LogP contribution is -2.54. The lowest BCUT2D eigenvalue weighted by atomic mass is 9.73. The van der Waals surface area contributed by atoms with Crippen molar-refractivity contribution < 1.29 is 28.7 Å². The van der Waals surface area contributed by atoms with Gasteiger partial charge in [0.15, 0.2) is 6.61 Å². The molecule has 1 aliphatic carbocycles. The Hall–Kier alpha value is -2.81. The molecule has 1 spiro atoms. The molecule has 0 radical (unpaired) electrons. The molecule has 2 aliphatic rings. The zero-order chi connectivity index (χ0) is 23.3. The maximum Gasteiger partial charge on any atom is 0.326 e. The highest BCUT2D eigenvalue weighted by Gasteiger charge is 2.55. The van der Waals surface area contributed by atoms with Gasteiger partial charge in [-0.1, -0.05) is 31.4 Å². The number of likely N-dealkylation sites (N-methyl/N-ethyl adjacent to an activating group) is 1. The van der Waals surface area contributed by atoms with E-state index >= 15 is 0 Å². The minimum absolute atomic E-state index is 0.000890. The van der Waals surface area contributed by atoms with Gasteiger partial charge in [0, 0.05) is 12.1 Å². The van der Waals surface area contributed by atoms with Crippen molar-refractivity contribution in [3.05, 3.63) is 29.3 Å². The SMILES string of the molecule is CC1CCCCC12NC(=O)N(CC(=O)OCC(=O)N(C)CCOc1ccc(Cl)cc1)C2=O. The minimum atomic E-state index is -0.935. The van der Waals surface area contributed by atoms with E-state index in [-0.39, 0.29) is 19.1 Å². The smallest absolute Gasteiger partial charge is 0.326 e. The van der Waals surface area contributed by atoms with Gasteiger partial charge in [-0.15, -0.1) is 0 Å². The first kappa shape index (κ1) is 23.8. The molecular weight excluding hydrogens is 438 g/mol. The van der Waals surface area contributed by atoms with Crippen LogP contribution in [0.2, 0.25) is 5.02 Å². The van der Waals surface area contributed by atoms with Crippen LogP contribution in [0.3, 0.4) is 0 Å². The normalized spacial score (nSPS) is 22.6. The average molecular weight is 466 g/mol. The van der Waals surface area contributed by atoms with Crippen molar-refractivity contribution in [3.63, 3.8) is 0 Å². The van der Waals surface area contributed by atoms with Gasteiger partial charge >= 0.3 is 12.0 Å². The second-order valence-corrected chi connectivity index (χ2v) is 8.65. The number of nitrogens with one attached hydrogen (secondary N) is 1. The van der Waals surface area contributed by atoms with Gasteiger partial charge in [-0.3, -0.25) is 19.3 Å². The molecule has 10 heteroatoms. The van der Waals surface area contributed by atoms with Crippen LogP contribution in [0.25, 0.3) is 0 Å². The van der Waals surface area contributed by atoms with E-state index in [4.69, 9.17) is 21.1 Å². The summed E-state index contributed by atoms with van der Waals surface area (Å²) in [5, 5.41) is 3.38. The fraction of sp³-hybridized carbons (Fsp3) is 0.545. The fourth-order valence-electron chi connectivity index (χ4n) is 4.02. The first-order valence-corrected chi connectivity index (χ1v) is 11.0. The Labute approximate surface area is 192 Å². The lowest BCUT2D eigenvalue weighted by molar-refractivity contribution is -0.153. The summed E-state index contributed by atoms with van der Waals surface area (Å²) in [6, 6.07) is 6.25. The number of imide groups is 1. The van der Waals surface area contributed by atoms with E-state index in [0.717, 1.165) is 24.2 Å². The molecule has 2 unspecified atom stereocenters. The highest BCUT2D eigenvalue weighted by molar-refractivity contribution is 6.30. The Balaban J connectivity index is 1.42. The van der Waals surface area contributed by atoms with E-state index < -0.39 is 42.5 Å². The van der Waals surface area contributed by atoms with Gasteiger partial charge < -0.3 is 19.7 Å². The summed E-state index contributed by atoms with van der Waals surface area (Å²) >= 11 is 5.82. The van der Waals surface area contributed by atoms with Crippen molar-refractivity contribution >= 4 is 35.4 Å². The molecule has 1 saturated carbocycles. The summed E-state index contributed by atoms with van der Waals surface area (Å²) in [5.41, 5.74) is -0.935. The van der Waals surface area contributed by atoms with Gasteiger partial charge in [0.25, 0.3) is 11.8 Å². The number of urea groups is 1. The van der Waals surface area contributed by atoms with E-state index in [1.807, 2.05) is 6.92 Å². The molecule has 1 aliphatic heterocycles. The Morgan fingerprint density at radius 1 is 1.25 bits per heavy atom. The Morgan fingerprint density at radius 3 is 2.66 bits per heavy atom. The third kappa shape index (κ3) is 5.32. The van der Waals surface area contributed by atoms with Crippen molar-refractivity contribution in [1.82, 2.24) is 15.1 Å². The predicted octanol–water partition coefficient (Wildman–Crippen LogP) is 2.22. The first-order valence-electron chi connectivity index (χ1n) is 10.6. The Morgan fingerprint density at radius 2 is 1.97 bits per heavy atom. The van der Waals surface area contributed by atoms with Crippen molar-refractivity contribution in [3.8, 4) is 5.75 Å². The molecule has 1 aromatic rings. The number of ether oxygens (including phenoxy) is 2. The van der Waals surface area contributed by atoms with Gasteiger partial charge in [0.1, 0.15) is 24.4 Å². The highest BCUT2D eigenvalue weighted by atomic mass is 35.5. The average Bonchev–Trinajstić information content (AvgIpc) is 3.00. The molecule has 4 amide bonds. The Bertz CT molecular complexity index is 877. The number of amides is 4. The molecule has 1 heterocycles. The van der Waals surface area contributed by atoms with E-state index in [2.05, 4.69) is 5.32 Å². The first-order chi connectivity index (χ1) is 15.2. The van der Waals surface area contributed by atoms with Crippen LogP contribution in [0, 0.1) is 5.92 Å². The predicted molar refractivity (Wildman–Crippen MR) is 116 cm³/mol. The number of hydrogen-bond donors (Lipinski definition) is 1. The van der Waals surface area contributed by atoms with Crippen LogP contribution in [0.1, 0.15) is 32.6 Å². The standard InChI is InChI=1S/C22H28ClN3O6/c1-15-5-3-4-10-22(15)20(29)26(21(30)24-22)13-19(28)32-14-18(27)25(2)11-12-31-17-8-6-16(23)7-9-17/h6-9,15H,3-5,10-14H2,1-2H3,(H,24,30). The second-order valence-electron chi connectivity index (χ2n) is 8.22. The van der Waals surface area contributed by atoms with E-state index in [0.29, 0.717) is 17.2 Å². The van der Waals surface area contributed by atoms with E-state index in [9.17, 15) is 19.2 Å². The fourth-order valence-corrected chi connectivity index (χ4v) is 4.15. The lowest BCUT2D eigenvalue weighted by Gasteiger charge is -2.36. The Kier molecular flexibility index (Phi) is 7.60. The second kappa shape index (κ2) is 10.2. The van der Waals surface area contributed by atoms with Crippen molar-refractivity contribution in [1.29, 1.82) is 0 Å². The number of carbonyl (C=O) groups excluding carboxylic acids is 4. The number of esters is 1. The number of rotatable bonds is 8. The molecule has 32 heavy (non-hydrogen) atoms. The highest BCUT2D eigenvalue weighted by Crippen LogP contribution is 2.38. The van der Waals surface area contributed by atoms with E-state index in [1.54, 1.807) is 31.3 Å². The molecule has 174 valence electrons. The summed E-state index contributed by atoms with van der Waals surface area (Å²) in [6.07, 6.45) is 3.25. The number of nitrogens with zero attached hydrogens (tertiary/aromatic N) is 2. The zero-order valence-corrected chi connectivity index (χ0v) is 19.0. The van der Waals surface area contributed by atoms with Gasteiger partial charge in [-0.25, -0.2) is 4.79 Å². The molecule has 3 rings (SSSR count). The minimum Gasteiger partial charge on any atom is -0.492 e. The molecule has 1 saturated heterocycles. The molecule has 2 fully saturated rings. The monoisotopic (exact) mass is 465 g/mol. The van der Waals surface area contributed by atoms with Crippen LogP contribution >= 0.6 is 11.6 Å². The number of hydrogen-bond acceptors (Lipinski definition) is 6. The largest absolute Gasteiger partial charge is 0.492 e. The van der Waals surface area contributed by atoms with Gasteiger partial charge in [0.2, 0.25) is 0 Å². The van der Waals surface area contributed by atoms with Crippen molar-refractivity contribution in [2.24, 2.45) is 5.92 Å². The number of carbonyl (C=O) groups is 4. The summed E-state index contributed by atoms with van der Waals surface area (Å²) in [6.45, 7) is 1.47. The van der Waals surface area contributed by atoms with Crippen LogP contribution in [0.5, 0.6) is 5.75 Å². The summed E-state index contributed by atoms with van der Waals surface area (Å²) in [4.78, 5) is 51.9. The van der Waals surface area contributed by atoms with Crippen LogP contribution in [-0.2, 0) is 19.1 Å². The quantitative estimate of drug-likeness (QED) is 0.466. The van der Waals surface area contributed by atoms with Gasteiger partial charge in [-0.2, -0.15) is 0 Å². The summed E-state index contributed by atoms with van der Waals surface area (Å²) in [5.74, 6) is -1.01. The molecule has 1 aromatic carbocycles. The molecular formula is C22H28ClN3O6. The third-order valence-corrected chi connectivity index (χ3v) is 6.33. The molecule has 9 nitrogen and oxygen atoms in total. The van der Waals surface area contributed by atoms with Crippen LogP contribution < -0.4 is 10.1 Å². The molecule has 0 aromatic heterocycles. The summed E-state index contributed by atoms with van der Waals surface area (Å²) < 4.78 is 10.5. The maximum atomic E-state index is 12.9.